The molecule has 0 aliphatic carbocycles. The molecule has 7 heteroatoms. The number of benzene rings is 1. The second-order valence-electron chi connectivity index (χ2n) is 5.54. The summed E-state index contributed by atoms with van der Waals surface area (Å²) in [6, 6.07) is 6.49. The van der Waals surface area contributed by atoms with Gasteiger partial charge in [-0.15, -0.1) is 0 Å². The molecule has 25 heavy (non-hydrogen) atoms. The summed E-state index contributed by atoms with van der Waals surface area (Å²) in [4.78, 5) is 45.7. The lowest BCUT2D eigenvalue weighted by Gasteiger charge is -2.07. The summed E-state index contributed by atoms with van der Waals surface area (Å²) >= 11 is 0. The second kappa shape index (κ2) is 10.0. The van der Waals surface area contributed by atoms with E-state index >= 15 is 0 Å². The van der Waals surface area contributed by atoms with Crippen molar-refractivity contribution in [2.75, 3.05) is 18.4 Å². The van der Waals surface area contributed by atoms with Gasteiger partial charge >= 0.3 is 0 Å². The summed E-state index contributed by atoms with van der Waals surface area (Å²) in [5.41, 5.74) is 1.37. The van der Waals surface area contributed by atoms with Crippen LogP contribution in [0.25, 0.3) is 0 Å². The number of rotatable bonds is 8. The minimum atomic E-state index is -0.429. The van der Waals surface area contributed by atoms with Crippen molar-refractivity contribution >= 4 is 29.2 Å². The summed E-state index contributed by atoms with van der Waals surface area (Å²) in [5.74, 6) is -0.939. The van der Waals surface area contributed by atoms with E-state index in [2.05, 4.69) is 16.0 Å². The van der Waals surface area contributed by atoms with E-state index in [0.29, 0.717) is 30.8 Å². The molecule has 0 heterocycles. The Morgan fingerprint density at radius 3 is 2.08 bits per heavy atom. The first-order chi connectivity index (χ1) is 11.8. The molecule has 1 rings (SSSR count). The van der Waals surface area contributed by atoms with E-state index < -0.39 is 5.91 Å². The number of nitrogens with one attached hydrogen (secondary N) is 3. The predicted octanol–water partition coefficient (Wildman–Crippen LogP) is 1.42. The molecule has 0 unspecified atom stereocenters. The third-order valence-corrected chi connectivity index (χ3v) is 3.28. The smallest absolute Gasteiger partial charge is 0.248 e. The lowest BCUT2D eigenvalue weighted by Crippen LogP contribution is -2.29. The average molecular weight is 345 g/mol. The molecule has 1 aromatic rings. The van der Waals surface area contributed by atoms with E-state index in [9.17, 15) is 19.2 Å². The maximum Gasteiger partial charge on any atom is 0.248 e. The van der Waals surface area contributed by atoms with E-state index in [1.165, 1.54) is 19.9 Å². The zero-order valence-electron chi connectivity index (χ0n) is 14.6. The van der Waals surface area contributed by atoms with E-state index in [1.54, 1.807) is 31.2 Å². The van der Waals surface area contributed by atoms with Gasteiger partial charge in [0.2, 0.25) is 17.7 Å². The maximum absolute atomic E-state index is 11.9. The number of hydrogen-bond acceptors (Lipinski definition) is 4. The Morgan fingerprint density at radius 2 is 1.52 bits per heavy atom. The van der Waals surface area contributed by atoms with Crippen LogP contribution in [0.2, 0.25) is 0 Å². The maximum atomic E-state index is 11.9. The Kier molecular flexibility index (Phi) is 8.05. The van der Waals surface area contributed by atoms with Gasteiger partial charge in [0, 0.05) is 42.9 Å². The van der Waals surface area contributed by atoms with Crippen molar-refractivity contribution in [3.63, 3.8) is 0 Å². The van der Waals surface area contributed by atoms with Gasteiger partial charge in [0.25, 0.3) is 0 Å². The Bertz CT molecular complexity index is 678. The molecule has 3 N–H and O–H groups in total. The van der Waals surface area contributed by atoms with Crippen molar-refractivity contribution in [1.82, 2.24) is 10.6 Å². The van der Waals surface area contributed by atoms with E-state index in [-0.39, 0.29) is 23.2 Å². The molecule has 0 fully saturated rings. The van der Waals surface area contributed by atoms with Crippen molar-refractivity contribution in [2.45, 2.75) is 27.2 Å². The Morgan fingerprint density at radius 1 is 0.920 bits per heavy atom. The molecule has 7 nitrogen and oxygen atoms in total. The third kappa shape index (κ3) is 7.92. The summed E-state index contributed by atoms with van der Waals surface area (Å²) in [5, 5.41) is 7.93. The quantitative estimate of drug-likeness (QED) is 0.376. The van der Waals surface area contributed by atoms with Crippen LogP contribution < -0.4 is 16.0 Å². The van der Waals surface area contributed by atoms with Gasteiger partial charge in [-0.3, -0.25) is 19.2 Å². The first-order valence-electron chi connectivity index (χ1n) is 7.92. The molecule has 1 aromatic carbocycles. The number of Topliss-reactive ketones (excluding diaryl/α,β-unsaturated/α-hetero) is 1. The van der Waals surface area contributed by atoms with Gasteiger partial charge in [0.1, 0.15) is 0 Å². The fourth-order valence-corrected chi connectivity index (χ4v) is 1.92. The Hall–Kier alpha value is -2.96. The minimum Gasteiger partial charge on any atom is -0.356 e. The topological polar surface area (TPSA) is 104 Å². The zero-order valence-corrected chi connectivity index (χ0v) is 14.6. The molecule has 0 bridgehead atoms. The van der Waals surface area contributed by atoms with Gasteiger partial charge in [-0.25, -0.2) is 0 Å². The number of amides is 3. The molecule has 0 saturated heterocycles. The second-order valence-corrected chi connectivity index (χ2v) is 5.54. The normalized spacial score (nSPS) is 10.8. The van der Waals surface area contributed by atoms with Crippen LogP contribution in [0.4, 0.5) is 5.69 Å². The fraction of sp³-hybridized carbons (Fsp3) is 0.333. The molecule has 0 aliphatic rings. The van der Waals surface area contributed by atoms with Crippen LogP contribution in [-0.2, 0) is 14.4 Å². The molecule has 0 saturated carbocycles. The molecule has 134 valence electrons. The van der Waals surface area contributed by atoms with Crippen molar-refractivity contribution in [3.05, 3.63) is 41.5 Å². The summed E-state index contributed by atoms with van der Waals surface area (Å²) < 4.78 is 0. The van der Waals surface area contributed by atoms with Crippen LogP contribution in [-0.4, -0.2) is 36.6 Å². The highest BCUT2D eigenvalue weighted by molar-refractivity contribution is 6.06. The molecule has 0 spiro atoms. The molecule has 3 amide bonds. The monoisotopic (exact) mass is 345 g/mol. The van der Waals surface area contributed by atoms with Crippen LogP contribution >= 0.6 is 0 Å². The van der Waals surface area contributed by atoms with Gasteiger partial charge < -0.3 is 16.0 Å². The fourth-order valence-electron chi connectivity index (χ4n) is 1.92. The van der Waals surface area contributed by atoms with Crippen LogP contribution in [0.5, 0.6) is 0 Å². The summed E-state index contributed by atoms with van der Waals surface area (Å²) in [6.45, 7) is 5.32. The van der Waals surface area contributed by atoms with E-state index in [0.717, 1.165) is 0 Å². The lowest BCUT2D eigenvalue weighted by atomic mass is 10.1. The van der Waals surface area contributed by atoms with Gasteiger partial charge in [-0.05, 0) is 44.5 Å². The molecule has 0 aromatic heterocycles. The van der Waals surface area contributed by atoms with E-state index in [4.69, 9.17) is 0 Å². The Balaban J connectivity index is 2.45. The number of carbonyl (C=O) groups excluding carboxylic acids is 4. The first-order valence-corrected chi connectivity index (χ1v) is 7.92. The third-order valence-electron chi connectivity index (χ3n) is 3.28. The van der Waals surface area contributed by atoms with Gasteiger partial charge in [0.05, 0.1) is 0 Å². The number of ketones is 1. The molecule has 0 aliphatic heterocycles. The largest absolute Gasteiger partial charge is 0.356 e. The standard InChI is InChI=1S/C18H23N3O4/c1-12(18(25)20-10-4-9-19-14(3)23)11-17(24)21-16-7-5-15(6-8-16)13(2)22/h5-8,11H,4,9-10H2,1-3H3,(H,19,23)(H,20,25)(H,21,24)/b12-11-. The van der Waals surface area contributed by atoms with Crippen LogP contribution in [0.1, 0.15) is 37.6 Å². The molecule has 0 radical (unpaired) electrons. The molecular formula is C18H23N3O4. The highest BCUT2D eigenvalue weighted by Gasteiger charge is 2.07. The minimum absolute atomic E-state index is 0.0520. The number of anilines is 1. The number of carbonyl (C=O) groups is 4. The average Bonchev–Trinajstić information content (AvgIpc) is 2.54. The SMILES string of the molecule is CC(=O)NCCCNC(=O)/C(C)=C\C(=O)Nc1ccc(C(C)=O)cc1. The zero-order chi connectivity index (χ0) is 18.8. The van der Waals surface area contributed by atoms with Gasteiger partial charge in [-0.2, -0.15) is 0 Å². The molecule has 0 atom stereocenters. The highest BCUT2D eigenvalue weighted by Crippen LogP contribution is 2.10. The van der Waals surface area contributed by atoms with Crippen molar-refractivity contribution in [2.24, 2.45) is 0 Å². The summed E-state index contributed by atoms with van der Waals surface area (Å²) in [7, 11) is 0. The van der Waals surface area contributed by atoms with Crippen molar-refractivity contribution < 1.29 is 19.2 Å². The van der Waals surface area contributed by atoms with Crippen molar-refractivity contribution in [1.29, 1.82) is 0 Å². The highest BCUT2D eigenvalue weighted by atomic mass is 16.2. The Labute approximate surface area is 146 Å². The lowest BCUT2D eigenvalue weighted by molar-refractivity contribution is -0.119. The first kappa shape index (κ1) is 20.1. The van der Waals surface area contributed by atoms with Gasteiger partial charge in [-0.1, -0.05) is 0 Å². The summed E-state index contributed by atoms with van der Waals surface area (Å²) in [6.07, 6.45) is 1.81. The van der Waals surface area contributed by atoms with E-state index in [1.807, 2.05) is 0 Å². The van der Waals surface area contributed by atoms with Crippen LogP contribution in [0, 0.1) is 0 Å². The van der Waals surface area contributed by atoms with Crippen LogP contribution in [0.15, 0.2) is 35.9 Å². The predicted molar refractivity (Wildman–Crippen MR) is 95.1 cm³/mol. The molecular weight excluding hydrogens is 322 g/mol. The van der Waals surface area contributed by atoms with Crippen LogP contribution in [0.3, 0.4) is 0 Å². The van der Waals surface area contributed by atoms with Crippen molar-refractivity contribution in [3.8, 4) is 0 Å². The van der Waals surface area contributed by atoms with Gasteiger partial charge in [0.15, 0.2) is 5.78 Å². The number of hydrogen-bond donors (Lipinski definition) is 3.